The van der Waals surface area contributed by atoms with Crippen molar-refractivity contribution in [2.24, 2.45) is 46.3 Å². The first kappa shape index (κ1) is 20.2. The number of ether oxygens (including phenoxy) is 1. The highest BCUT2D eigenvalue weighted by atomic mass is 16.5. The third kappa shape index (κ3) is 3.02. The molecule has 10 atom stereocenters. The standard InChI is InChI=1S/C24H42O3/c1-15(25)18-6-7-19-21-16(14-27-5)12-17-13-22(2,26)10-11-23(17,3)20(21)8-9-24(18,19)4/h15-21,25-26H,6-14H2,1-5H3/t15?,16-,17-,18?,19-,20-,21-,22+,23-,24+/m0/s1. The lowest BCUT2D eigenvalue weighted by Crippen LogP contribution is -2.59. The molecule has 0 radical (unpaired) electrons. The summed E-state index contributed by atoms with van der Waals surface area (Å²) in [4.78, 5) is 0. The van der Waals surface area contributed by atoms with E-state index in [2.05, 4.69) is 13.8 Å². The second-order valence-electron chi connectivity index (χ2n) is 11.6. The van der Waals surface area contributed by atoms with E-state index in [1.807, 2.05) is 21.0 Å². The Morgan fingerprint density at radius 3 is 2.37 bits per heavy atom. The minimum absolute atomic E-state index is 0.186. The molecule has 2 unspecified atom stereocenters. The molecule has 0 heterocycles. The number of hydrogen-bond donors (Lipinski definition) is 2. The molecule has 3 heteroatoms. The fraction of sp³-hybridized carbons (Fsp3) is 1.00. The van der Waals surface area contributed by atoms with Crippen molar-refractivity contribution >= 4 is 0 Å². The average Bonchev–Trinajstić information content (AvgIpc) is 2.93. The largest absolute Gasteiger partial charge is 0.393 e. The van der Waals surface area contributed by atoms with Crippen LogP contribution >= 0.6 is 0 Å². The number of aliphatic hydroxyl groups is 2. The van der Waals surface area contributed by atoms with Gasteiger partial charge < -0.3 is 14.9 Å². The maximum Gasteiger partial charge on any atom is 0.0622 e. The van der Waals surface area contributed by atoms with Gasteiger partial charge in [-0.15, -0.1) is 0 Å². The Bertz CT molecular complexity index is 558. The van der Waals surface area contributed by atoms with Gasteiger partial charge in [-0.2, -0.15) is 0 Å². The van der Waals surface area contributed by atoms with E-state index in [-0.39, 0.29) is 6.10 Å². The summed E-state index contributed by atoms with van der Waals surface area (Å²) in [6.07, 6.45) is 9.17. The molecule has 0 aromatic carbocycles. The summed E-state index contributed by atoms with van der Waals surface area (Å²) in [5, 5.41) is 21.2. The Morgan fingerprint density at radius 2 is 1.70 bits per heavy atom. The summed E-state index contributed by atoms with van der Waals surface area (Å²) >= 11 is 0. The highest BCUT2D eigenvalue weighted by Gasteiger charge is 2.63. The number of methoxy groups -OCH3 is 1. The van der Waals surface area contributed by atoms with Gasteiger partial charge in [-0.3, -0.25) is 0 Å². The number of hydrogen-bond acceptors (Lipinski definition) is 3. The maximum atomic E-state index is 10.8. The van der Waals surface area contributed by atoms with E-state index in [1.54, 1.807) is 0 Å². The zero-order chi connectivity index (χ0) is 19.6. The van der Waals surface area contributed by atoms with E-state index in [0.717, 1.165) is 37.2 Å². The fourth-order valence-electron chi connectivity index (χ4n) is 8.82. The number of aliphatic hydroxyl groups excluding tert-OH is 1. The molecule has 2 N–H and O–H groups in total. The molecule has 156 valence electrons. The summed E-state index contributed by atoms with van der Waals surface area (Å²) in [7, 11) is 1.86. The first-order chi connectivity index (χ1) is 12.6. The second-order valence-corrected chi connectivity index (χ2v) is 11.6. The molecule has 27 heavy (non-hydrogen) atoms. The van der Waals surface area contributed by atoms with Crippen molar-refractivity contribution in [2.45, 2.75) is 90.8 Å². The molecule has 4 aliphatic carbocycles. The van der Waals surface area contributed by atoms with Crippen LogP contribution in [-0.4, -0.2) is 35.6 Å². The molecule has 0 aromatic heterocycles. The highest BCUT2D eigenvalue weighted by Crippen LogP contribution is 2.69. The molecule has 4 rings (SSSR count). The van der Waals surface area contributed by atoms with Crippen LogP contribution in [0.15, 0.2) is 0 Å². The summed E-state index contributed by atoms with van der Waals surface area (Å²) in [5.41, 5.74) is 0.189. The Hall–Kier alpha value is -0.120. The summed E-state index contributed by atoms with van der Waals surface area (Å²) in [6.45, 7) is 9.96. The predicted molar refractivity (Wildman–Crippen MR) is 108 cm³/mol. The molecule has 0 saturated heterocycles. The lowest BCUT2D eigenvalue weighted by atomic mass is 9.41. The van der Waals surface area contributed by atoms with Crippen molar-refractivity contribution in [1.82, 2.24) is 0 Å². The van der Waals surface area contributed by atoms with Gasteiger partial charge in [-0.05, 0) is 112 Å². The van der Waals surface area contributed by atoms with Crippen molar-refractivity contribution < 1.29 is 14.9 Å². The minimum atomic E-state index is -0.484. The molecule has 4 saturated carbocycles. The third-order valence-electron chi connectivity index (χ3n) is 10.2. The van der Waals surface area contributed by atoms with E-state index in [0.29, 0.717) is 28.6 Å². The van der Waals surface area contributed by atoms with Crippen molar-refractivity contribution in [1.29, 1.82) is 0 Å². The molecule has 0 aromatic rings. The molecule has 0 bridgehead atoms. The zero-order valence-corrected chi connectivity index (χ0v) is 18.2. The van der Waals surface area contributed by atoms with Crippen LogP contribution in [0.1, 0.15) is 79.1 Å². The highest BCUT2D eigenvalue weighted by molar-refractivity contribution is 5.12. The van der Waals surface area contributed by atoms with Gasteiger partial charge in [0.25, 0.3) is 0 Å². The van der Waals surface area contributed by atoms with Crippen LogP contribution in [0.5, 0.6) is 0 Å². The van der Waals surface area contributed by atoms with Gasteiger partial charge in [0.05, 0.1) is 11.7 Å². The van der Waals surface area contributed by atoms with Crippen LogP contribution in [-0.2, 0) is 4.74 Å². The van der Waals surface area contributed by atoms with Gasteiger partial charge in [0, 0.05) is 13.7 Å². The quantitative estimate of drug-likeness (QED) is 0.751. The molecule has 0 aliphatic heterocycles. The van der Waals surface area contributed by atoms with Crippen LogP contribution < -0.4 is 0 Å². The number of rotatable bonds is 3. The van der Waals surface area contributed by atoms with Gasteiger partial charge in [0.15, 0.2) is 0 Å². The van der Waals surface area contributed by atoms with E-state index >= 15 is 0 Å². The average molecular weight is 379 g/mol. The first-order valence-corrected chi connectivity index (χ1v) is 11.5. The molecule has 4 fully saturated rings. The van der Waals surface area contributed by atoms with Crippen LogP contribution in [0.2, 0.25) is 0 Å². The minimum Gasteiger partial charge on any atom is -0.393 e. The van der Waals surface area contributed by atoms with E-state index in [1.165, 1.54) is 38.5 Å². The zero-order valence-electron chi connectivity index (χ0n) is 18.2. The SMILES string of the molecule is COC[C@@H]1C[C@H]2C[C@](C)(O)CC[C@]2(C)[C@H]2CC[C@]3(C)C(C(C)O)CC[C@H]3[C@H]12. The molecule has 3 nitrogen and oxygen atoms in total. The van der Waals surface area contributed by atoms with E-state index in [9.17, 15) is 10.2 Å². The Kier molecular flexibility index (Phi) is 5.01. The lowest BCUT2D eigenvalue weighted by Gasteiger charge is -2.64. The van der Waals surface area contributed by atoms with Crippen molar-refractivity contribution in [3.05, 3.63) is 0 Å². The summed E-state index contributed by atoms with van der Waals surface area (Å²) in [5.74, 6) is 3.93. The van der Waals surface area contributed by atoms with Gasteiger partial charge in [-0.25, -0.2) is 0 Å². The monoisotopic (exact) mass is 378 g/mol. The van der Waals surface area contributed by atoms with Gasteiger partial charge in [0.1, 0.15) is 0 Å². The number of fused-ring (bicyclic) bond motifs is 5. The molecule has 0 spiro atoms. The molecule has 4 aliphatic rings. The van der Waals surface area contributed by atoms with Crippen LogP contribution in [0.4, 0.5) is 0 Å². The van der Waals surface area contributed by atoms with Crippen LogP contribution in [0.25, 0.3) is 0 Å². The van der Waals surface area contributed by atoms with Crippen molar-refractivity contribution in [3.8, 4) is 0 Å². The molecular formula is C24H42O3. The van der Waals surface area contributed by atoms with Gasteiger partial charge in [-0.1, -0.05) is 13.8 Å². The van der Waals surface area contributed by atoms with Crippen molar-refractivity contribution in [3.63, 3.8) is 0 Å². The third-order valence-corrected chi connectivity index (χ3v) is 10.2. The van der Waals surface area contributed by atoms with E-state index in [4.69, 9.17) is 4.74 Å². The van der Waals surface area contributed by atoms with Crippen LogP contribution in [0, 0.1) is 46.3 Å². The summed E-state index contributed by atoms with van der Waals surface area (Å²) in [6, 6.07) is 0. The smallest absolute Gasteiger partial charge is 0.0622 e. The lowest BCUT2D eigenvalue weighted by molar-refractivity contribution is -0.176. The Labute approximate surface area is 166 Å². The van der Waals surface area contributed by atoms with Crippen molar-refractivity contribution in [2.75, 3.05) is 13.7 Å². The Morgan fingerprint density at radius 1 is 1.00 bits per heavy atom. The fourth-order valence-corrected chi connectivity index (χ4v) is 8.82. The molecular weight excluding hydrogens is 336 g/mol. The summed E-state index contributed by atoms with van der Waals surface area (Å²) < 4.78 is 5.74. The van der Waals surface area contributed by atoms with Gasteiger partial charge in [0.2, 0.25) is 0 Å². The maximum absolute atomic E-state index is 10.8. The normalized spacial score (nSPS) is 56.1. The Balaban J connectivity index is 1.68. The van der Waals surface area contributed by atoms with E-state index < -0.39 is 5.60 Å². The topological polar surface area (TPSA) is 49.7 Å². The first-order valence-electron chi connectivity index (χ1n) is 11.5. The molecule has 0 amide bonds. The van der Waals surface area contributed by atoms with Gasteiger partial charge >= 0.3 is 0 Å². The van der Waals surface area contributed by atoms with Crippen LogP contribution in [0.3, 0.4) is 0 Å². The second kappa shape index (κ2) is 6.71. The predicted octanol–water partition coefficient (Wildman–Crippen LogP) is 4.65.